The summed E-state index contributed by atoms with van der Waals surface area (Å²) in [5.74, 6) is 1.09. The van der Waals surface area contributed by atoms with Crippen LogP contribution >= 0.6 is 0 Å². The number of hydrogen-bond acceptors (Lipinski definition) is 2. The SMILES string of the molecule is C=C/N=C(\C)N1CC2(CCOCC2)C1. The number of aliphatic imine (C=N–C) groups is 1. The fourth-order valence-electron chi connectivity index (χ4n) is 2.33. The smallest absolute Gasteiger partial charge is 0.101 e. The molecular formula is C11H18N2O. The van der Waals surface area contributed by atoms with E-state index < -0.39 is 0 Å². The molecule has 78 valence electrons. The van der Waals surface area contributed by atoms with Crippen molar-refractivity contribution >= 4 is 5.84 Å². The first-order valence-electron chi connectivity index (χ1n) is 5.24. The van der Waals surface area contributed by atoms with E-state index in [-0.39, 0.29) is 0 Å². The van der Waals surface area contributed by atoms with Crippen molar-refractivity contribution < 1.29 is 4.74 Å². The zero-order valence-electron chi connectivity index (χ0n) is 8.83. The van der Waals surface area contributed by atoms with Crippen molar-refractivity contribution in [2.24, 2.45) is 10.4 Å². The summed E-state index contributed by atoms with van der Waals surface area (Å²) in [5.41, 5.74) is 0.538. The molecule has 2 saturated heterocycles. The minimum Gasteiger partial charge on any atom is -0.381 e. The third-order valence-corrected chi connectivity index (χ3v) is 3.34. The Balaban J connectivity index is 1.88. The first-order chi connectivity index (χ1) is 6.76. The summed E-state index contributed by atoms with van der Waals surface area (Å²) in [7, 11) is 0. The standard InChI is InChI=1S/C11H18N2O/c1-3-12-10(2)13-8-11(9-13)4-6-14-7-5-11/h3H,1,4-9H2,2H3/b12-10+. The average molecular weight is 194 g/mol. The summed E-state index contributed by atoms with van der Waals surface area (Å²) in [4.78, 5) is 6.53. The van der Waals surface area contributed by atoms with Gasteiger partial charge in [-0.1, -0.05) is 6.58 Å². The minimum atomic E-state index is 0.538. The summed E-state index contributed by atoms with van der Waals surface area (Å²) >= 11 is 0. The Morgan fingerprint density at radius 1 is 1.43 bits per heavy atom. The van der Waals surface area contributed by atoms with Crippen LogP contribution in [0, 0.1) is 5.41 Å². The van der Waals surface area contributed by atoms with Gasteiger partial charge in [-0.3, -0.25) is 0 Å². The molecule has 0 aliphatic carbocycles. The van der Waals surface area contributed by atoms with E-state index in [0.717, 1.165) is 32.1 Å². The van der Waals surface area contributed by atoms with E-state index >= 15 is 0 Å². The Labute approximate surface area is 85.5 Å². The molecule has 0 unspecified atom stereocenters. The first kappa shape index (κ1) is 9.71. The number of ether oxygens (including phenoxy) is 1. The van der Waals surface area contributed by atoms with Crippen molar-refractivity contribution in [1.82, 2.24) is 4.90 Å². The molecule has 2 fully saturated rings. The van der Waals surface area contributed by atoms with Crippen LogP contribution in [0.3, 0.4) is 0 Å². The van der Waals surface area contributed by atoms with Crippen LogP contribution < -0.4 is 0 Å². The molecule has 0 N–H and O–H groups in total. The Kier molecular flexibility index (Phi) is 2.59. The van der Waals surface area contributed by atoms with Gasteiger partial charge in [0.1, 0.15) is 5.84 Å². The Bertz CT molecular complexity index is 246. The Hall–Kier alpha value is -0.830. The van der Waals surface area contributed by atoms with Crippen LogP contribution in [0.4, 0.5) is 0 Å². The van der Waals surface area contributed by atoms with Crippen LogP contribution in [0.1, 0.15) is 19.8 Å². The number of amidine groups is 1. The van der Waals surface area contributed by atoms with E-state index in [1.807, 2.05) is 6.92 Å². The van der Waals surface area contributed by atoms with Gasteiger partial charge in [-0.05, 0) is 19.8 Å². The lowest BCUT2D eigenvalue weighted by molar-refractivity contribution is -0.0532. The van der Waals surface area contributed by atoms with Gasteiger partial charge in [-0.25, -0.2) is 4.99 Å². The lowest BCUT2D eigenvalue weighted by Crippen LogP contribution is -2.59. The molecule has 2 aliphatic rings. The first-order valence-corrected chi connectivity index (χ1v) is 5.24. The summed E-state index contributed by atoms with van der Waals surface area (Å²) < 4.78 is 5.38. The number of nitrogens with zero attached hydrogens (tertiary/aromatic N) is 2. The molecule has 3 heteroatoms. The molecule has 0 saturated carbocycles. The van der Waals surface area contributed by atoms with Gasteiger partial charge in [0.2, 0.25) is 0 Å². The third-order valence-electron chi connectivity index (χ3n) is 3.34. The largest absolute Gasteiger partial charge is 0.381 e. The van der Waals surface area contributed by atoms with Crippen LogP contribution in [0.15, 0.2) is 17.8 Å². The zero-order valence-corrected chi connectivity index (χ0v) is 8.83. The number of hydrogen-bond donors (Lipinski definition) is 0. The quantitative estimate of drug-likeness (QED) is 0.468. The van der Waals surface area contributed by atoms with E-state index in [9.17, 15) is 0 Å². The van der Waals surface area contributed by atoms with Crippen LogP contribution in [0.2, 0.25) is 0 Å². The molecule has 0 amide bonds. The van der Waals surface area contributed by atoms with Crippen molar-refractivity contribution in [3.8, 4) is 0 Å². The van der Waals surface area contributed by atoms with Crippen molar-refractivity contribution in [2.45, 2.75) is 19.8 Å². The number of rotatable bonds is 1. The molecule has 2 rings (SSSR count). The van der Waals surface area contributed by atoms with Crippen LogP contribution in [0.25, 0.3) is 0 Å². The normalized spacial score (nSPS) is 26.1. The molecule has 2 heterocycles. The summed E-state index contributed by atoms with van der Waals surface area (Å²) in [6, 6.07) is 0. The highest BCUT2D eigenvalue weighted by Gasteiger charge is 2.44. The van der Waals surface area contributed by atoms with Gasteiger partial charge in [0.25, 0.3) is 0 Å². The lowest BCUT2D eigenvalue weighted by Gasteiger charge is -2.53. The topological polar surface area (TPSA) is 24.8 Å². The molecule has 0 bridgehead atoms. The van der Waals surface area contributed by atoms with Gasteiger partial charge in [-0.2, -0.15) is 0 Å². The Morgan fingerprint density at radius 2 is 2.07 bits per heavy atom. The van der Waals surface area contributed by atoms with E-state index in [1.54, 1.807) is 6.20 Å². The van der Waals surface area contributed by atoms with Crippen molar-refractivity contribution in [3.05, 3.63) is 12.8 Å². The minimum absolute atomic E-state index is 0.538. The molecule has 0 aromatic heterocycles. The van der Waals surface area contributed by atoms with Gasteiger partial charge in [0.05, 0.1) is 0 Å². The predicted molar refractivity (Wildman–Crippen MR) is 57.4 cm³/mol. The fraction of sp³-hybridized carbons (Fsp3) is 0.727. The maximum absolute atomic E-state index is 5.38. The van der Waals surface area contributed by atoms with Crippen molar-refractivity contribution in [3.63, 3.8) is 0 Å². The highest BCUT2D eigenvalue weighted by atomic mass is 16.5. The van der Waals surface area contributed by atoms with Gasteiger partial charge in [0.15, 0.2) is 0 Å². The Morgan fingerprint density at radius 3 is 2.64 bits per heavy atom. The number of likely N-dealkylation sites (tertiary alicyclic amines) is 1. The van der Waals surface area contributed by atoms with Gasteiger partial charge < -0.3 is 9.64 Å². The molecule has 1 spiro atoms. The van der Waals surface area contributed by atoms with Crippen LogP contribution in [0.5, 0.6) is 0 Å². The second-order valence-electron chi connectivity index (χ2n) is 4.33. The molecule has 0 aromatic rings. The summed E-state index contributed by atoms with van der Waals surface area (Å²) in [6.45, 7) is 9.84. The second-order valence-corrected chi connectivity index (χ2v) is 4.33. The molecule has 0 atom stereocenters. The van der Waals surface area contributed by atoms with E-state index in [4.69, 9.17) is 4.74 Å². The third kappa shape index (κ3) is 1.69. The van der Waals surface area contributed by atoms with Crippen LogP contribution in [-0.2, 0) is 4.74 Å². The van der Waals surface area contributed by atoms with Gasteiger partial charge in [-0.15, -0.1) is 0 Å². The predicted octanol–water partition coefficient (Wildman–Crippen LogP) is 1.66. The highest BCUT2D eigenvalue weighted by Crippen LogP contribution is 2.39. The summed E-state index contributed by atoms with van der Waals surface area (Å²) in [6.07, 6.45) is 4.04. The average Bonchev–Trinajstić information content (AvgIpc) is 2.16. The molecule has 0 radical (unpaired) electrons. The van der Waals surface area contributed by atoms with E-state index in [1.165, 1.54) is 12.8 Å². The lowest BCUT2D eigenvalue weighted by atomic mass is 9.73. The zero-order chi connectivity index (χ0) is 10.0. The van der Waals surface area contributed by atoms with E-state index in [0.29, 0.717) is 5.41 Å². The van der Waals surface area contributed by atoms with Crippen LogP contribution in [-0.4, -0.2) is 37.0 Å². The van der Waals surface area contributed by atoms with Crippen molar-refractivity contribution in [2.75, 3.05) is 26.3 Å². The maximum atomic E-state index is 5.38. The highest BCUT2D eigenvalue weighted by molar-refractivity contribution is 5.81. The van der Waals surface area contributed by atoms with E-state index in [2.05, 4.69) is 16.5 Å². The maximum Gasteiger partial charge on any atom is 0.101 e. The monoisotopic (exact) mass is 194 g/mol. The van der Waals surface area contributed by atoms with Gasteiger partial charge in [0, 0.05) is 37.9 Å². The second kappa shape index (κ2) is 3.73. The molecule has 0 aromatic carbocycles. The molecule has 3 nitrogen and oxygen atoms in total. The van der Waals surface area contributed by atoms with Crippen molar-refractivity contribution in [1.29, 1.82) is 0 Å². The molecule has 14 heavy (non-hydrogen) atoms. The summed E-state index contributed by atoms with van der Waals surface area (Å²) in [5, 5.41) is 0. The molecule has 2 aliphatic heterocycles. The van der Waals surface area contributed by atoms with Gasteiger partial charge >= 0.3 is 0 Å². The molecular weight excluding hydrogens is 176 g/mol. The fourth-order valence-corrected chi connectivity index (χ4v) is 2.33.